The largest absolute Gasteiger partial charge is 0.124 e. The molecule has 0 unspecified atom stereocenters. The van der Waals surface area contributed by atoms with Gasteiger partial charge in [-0.2, -0.15) is 0 Å². The Balaban J connectivity index is 0.000000291. The van der Waals surface area contributed by atoms with Gasteiger partial charge in [0.2, 0.25) is 0 Å². The molecule has 1 rings (SSSR count). The van der Waals surface area contributed by atoms with Crippen molar-refractivity contribution in [2.45, 2.75) is 32.6 Å². The van der Waals surface area contributed by atoms with Crippen LogP contribution in [0.3, 0.4) is 0 Å². The summed E-state index contributed by atoms with van der Waals surface area (Å²) < 4.78 is 0. The molecular formula is C9H14. The zero-order valence-electron chi connectivity index (χ0n) is 6.06. The third kappa shape index (κ3) is 3.85. The first-order chi connectivity index (χ1) is 4.39. The summed E-state index contributed by atoms with van der Waals surface area (Å²) in [5.74, 6) is 0. The molecule has 1 aliphatic carbocycles. The molecule has 0 fully saturated rings. The van der Waals surface area contributed by atoms with Crippen molar-refractivity contribution in [2.24, 2.45) is 0 Å². The lowest BCUT2D eigenvalue weighted by molar-refractivity contribution is 0.702. The highest BCUT2D eigenvalue weighted by atomic mass is 14.0. The van der Waals surface area contributed by atoms with Crippen LogP contribution in [0.15, 0.2) is 11.6 Å². The van der Waals surface area contributed by atoms with Crippen LogP contribution in [0.25, 0.3) is 0 Å². The molecule has 0 amide bonds. The molecule has 0 saturated heterocycles. The van der Waals surface area contributed by atoms with E-state index in [1.54, 1.807) is 5.57 Å². The van der Waals surface area contributed by atoms with Gasteiger partial charge in [-0.3, -0.25) is 0 Å². The van der Waals surface area contributed by atoms with E-state index in [2.05, 4.69) is 25.8 Å². The Bertz CT molecular complexity index is 106. The fourth-order valence-electron chi connectivity index (χ4n) is 0.999. The van der Waals surface area contributed by atoms with Crippen LogP contribution >= 0.6 is 0 Å². The fraction of sp³-hybridized carbons (Fsp3) is 0.556. The molecule has 0 saturated carbocycles. The van der Waals surface area contributed by atoms with Gasteiger partial charge in [0.15, 0.2) is 0 Å². The molecule has 1 aliphatic rings. The standard InChI is InChI=1S/C7H12.C2H2/c1-7-5-3-2-4-6-7;1-2/h5H,2-4,6H2,1H3;1-2H. The summed E-state index contributed by atoms with van der Waals surface area (Å²) in [5.41, 5.74) is 1.59. The van der Waals surface area contributed by atoms with Crippen molar-refractivity contribution in [1.82, 2.24) is 0 Å². The summed E-state index contributed by atoms with van der Waals surface area (Å²) in [6, 6.07) is 0. The molecule has 0 heterocycles. The highest BCUT2D eigenvalue weighted by Crippen LogP contribution is 2.15. The SMILES string of the molecule is C#C.CC1=CCCCC1. The molecule has 0 N–H and O–H groups in total. The Kier molecular flexibility index (Phi) is 5.01. The van der Waals surface area contributed by atoms with E-state index in [4.69, 9.17) is 0 Å². The highest BCUT2D eigenvalue weighted by Gasteiger charge is 1.95. The van der Waals surface area contributed by atoms with Gasteiger partial charge < -0.3 is 0 Å². The molecular weight excluding hydrogens is 108 g/mol. The number of rotatable bonds is 0. The zero-order valence-corrected chi connectivity index (χ0v) is 6.06. The van der Waals surface area contributed by atoms with Crippen LogP contribution in [0.2, 0.25) is 0 Å². The minimum atomic E-state index is 1.33. The van der Waals surface area contributed by atoms with Gasteiger partial charge in [-0.05, 0) is 32.6 Å². The predicted octanol–water partition coefficient (Wildman–Crippen LogP) is 2.76. The second kappa shape index (κ2) is 5.44. The molecule has 0 aromatic carbocycles. The first-order valence-corrected chi connectivity index (χ1v) is 3.38. The lowest BCUT2D eigenvalue weighted by Crippen LogP contribution is -1.85. The average Bonchev–Trinajstić information content (AvgIpc) is 1.94. The number of hydrogen-bond acceptors (Lipinski definition) is 0. The third-order valence-electron chi connectivity index (χ3n) is 1.52. The minimum Gasteiger partial charge on any atom is -0.124 e. The van der Waals surface area contributed by atoms with E-state index in [9.17, 15) is 0 Å². The Morgan fingerprint density at radius 1 is 1.33 bits per heavy atom. The molecule has 0 spiro atoms. The van der Waals surface area contributed by atoms with Crippen LogP contribution < -0.4 is 0 Å². The Morgan fingerprint density at radius 3 is 2.22 bits per heavy atom. The summed E-state index contributed by atoms with van der Waals surface area (Å²) in [6.07, 6.45) is 15.9. The van der Waals surface area contributed by atoms with Crippen molar-refractivity contribution < 1.29 is 0 Å². The average molecular weight is 122 g/mol. The van der Waals surface area contributed by atoms with Gasteiger partial charge in [0.25, 0.3) is 0 Å². The van der Waals surface area contributed by atoms with E-state index in [-0.39, 0.29) is 0 Å². The van der Waals surface area contributed by atoms with Gasteiger partial charge in [-0.1, -0.05) is 11.6 Å². The molecule has 0 aromatic heterocycles. The summed E-state index contributed by atoms with van der Waals surface area (Å²) in [4.78, 5) is 0. The van der Waals surface area contributed by atoms with Gasteiger partial charge in [0.1, 0.15) is 0 Å². The van der Waals surface area contributed by atoms with Crippen LogP contribution in [-0.4, -0.2) is 0 Å². The monoisotopic (exact) mass is 122 g/mol. The second-order valence-electron chi connectivity index (χ2n) is 2.30. The third-order valence-corrected chi connectivity index (χ3v) is 1.52. The summed E-state index contributed by atoms with van der Waals surface area (Å²) in [5, 5.41) is 0. The van der Waals surface area contributed by atoms with Gasteiger partial charge in [-0.15, -0.1) is 12.8 Å². The molecule has 0 nitrogen and oxygen atoms in total. The summed E-state index contributed by atoms with van der Waals surface area (Å²) in [6.45, 7) is 2.22. The fourth-order valence-corrected chi connectivity index (χ4v) is 0.999. The van der Waals surface area contributed by atoms with Crippen molar-refractivity contribution >= 4 is 0 Å². The Hall–Kier alpha value is -0.700. The summed E-state index contributed by atoms with van der Waals surface area (Å²) in [7, 11) is 0. The van der Waals surface area contributed by atoms with Crippen LogP contribution in [-0.2, 0) is 0 Å². The normalized spacial score (nSPS) is 17.0. The van der Waals surface area contributed by atoms with Crippen molar-refractivity contribution in [3.05, 3.63) is 11.6 Å². The molecule has 9 heavy (non-hydrogen) atoms. The molecule has 0 aromatic rings. The van der Waals surface area contributed by atoms with Crippen molar-refractivity contribution in [3.8, 4) is 12.8 Å². The number of terminal acetylenes is 1. The number of hydrogen-bond donors (Lipinski definition) is 0. The quantitative estimate of drug-likeness (QED) is 0.342. The first kappa shape index (κ1) is 8.30. The highest BCUT2D eigenvalue weighted by molar-refractivity contribution is 5.00. The smallest absolute Gasteiger partial charge is 0.0323 e. The maximum Gasteiger partial charge on any atom is -0.0323 e. The van der Waals surface area contributed by atoms with E-state index in [1.807, 2.05) is 0 Å². The topological polar surface area (TPSA) is 0 Å². The van der Waals surface area contributed by atoms with E-state index in [0.29, 0.717) is 0 Å². The van der Waals surface area contributed by atoms with E-state index in [0.717, 1.165) is 0 Å². The Morgan fingerprint density at radius 2 is 2.00 bits per heavy atom. The lowest BCUT2D eigenvalue weighted by atomic mass is 10.0. The maximum atomic E-state index is 4.00. The molecule has 0 bridgehead atoms. The van der Waals surface area contributed by atoms with Gasteiger partial charge in [0, 0.05) is 0 Å². The van der Waals surface area contributed by atoms with Crippen LogP contribution in [0, 0.1) is 12.8 Å². The molecule has 0 heteroatoms. The zero-order chi connectivity index (χ0) is 7.11. The van der Waals surface area contributed by atoms with E-state index >= 15 is 0 Å². The molecule has 50 valence electrons. The first-order valence-electron chi connectivity index (χ1n) is 3.38. The van der Waals surface area contributed by atoms with Gasteiger partial charge >= 0.3 is 0 Å². The minimum absolute atomic E-state index is 1.33. The molecule has 0 aliphatic heterocycles. The molecule has 0 radical (unpaired) electrons. The van der Waals surface area contributed by atoms with Crippen molar-refractivity contribution in [2.75, 3.05) is 0 Å². The van der Waals surface area contributed by atoms with Crippen LogP contribution in [0.4, 0.5) is 0 Å². The van der Waals surface area contributed by atoms with Gasteiger partial charge in [0.05, 0.1) is 0 Å². The predicted molar refractivity (Wildman–Crippen MR) is 42.1 cm³/mol. The van der Waals surface area contributed by atoms with Crippen LogP contribution in [0.5, 0.6) is 0 Å². The number of allylic oxidation sites excluding steroid dienone is 2. The Labute approximate surface area is 58.0 Å². The molecule has 0 atom stereocenters. The second-order valence-corrected chi connectivity index (χ2v) is 2.30. The lowest BCUT2D eigenvalue weighted by Gasteiger charge is -2.05. The van der Waals surface area contributed by atoms with Crippen molar-refractivity contribution in [1.29, 1.82) is 0 Å². The van der Waals surface area contributed by atoms with E-state index in [1.165, 1.54) is 25.7 Å². The van der Waals surface area contributed by atoms with Gasteiger partial charge in [-0.25, -0.2) is 0 Å². The van der Waals surface area contributed by atoms with E-state index < -0.39 is 0 Å². The van der Waals surface area contributed by atoms with Crippen molar-refractivity contribution in [3.63, 3.8) is 0 Å². The summed E-state index contributed by atoms with van der Waals surface area (Å²) >= 11 is 0. The van der Waals surface area contributed by atoms with Crippen LogP contribution in [0.1, 0.15) is 32.6 Å². The maximum absolute atomic E-state index is 4.00.